The quantitative estimate of drug-likeness (QED) is 0.410. The second-order valence-corrected chi connectivity index (χ2v) is 6.76. The largest absolute Gasteiger partial charge is 0.369 e. The van der Waals surface area contributed by atoms with E-state index in [-0.39, 0.29) is 11.9 Å². The molecule has 0 aliphatic carbocycles. The summed E-state index contributed by atoms with van der Waals surface area (Å²) in [4.78, 5) is 21.1. The van der Waals surface area contributed by atoms with E-state index >= 15 is 0 Å². The number of carbonyl (C=O) groups excluding carboxylic acids is 1. The molecule has 130 valence electrons. The van der Waals surface area contributed by atoms with E-state index in [0.29, 0.717) is 10.9 Å². The number of hydrogen-bond donors (Lipinski definition) is 2. The van der Waals surface area contributed by atoms with Crippen LogP contribution in [0.25, 0.3) is 10.9 Å². The van der Waals surface area contributed by atoms with Crippen molar-refractivity contribution in [1.82, 2.24) is 15.3 Å². The minimum absolute atomic E-state index is 0.0200. The molecule has 1 atom stereocenters. The van der Waals surface area contributed by atoms with E-state index < -0.39 is 0 Å². The number of aromatic nitrogens is 2. The average Bonchev–Trinajstić information content (AvgIpc) is 2.60. The molecule has 2 rings (SSSR count). The van der Waals surface area contributed by atoms with Crippen LogP contribution in [-0.4, -0.2) is 34.2 Å². The van der Waals surface area contributed by atoms with Crippen LogP contribution in [0.4, 0.5) is 5.82 Å². The van der Waals surface area contributed by atoms with Crippen molar-refractivity contribution in [2.24, 2.45) is 0 Å². The van der Waals surface area contributed by atoms with Crippen LogP contribution < -0.4 is 10.6 Å². The van der Waals surface area contributed by atoms with Crippen molar-refractivity contribution in [3.05, 3.63) is 24.3 Å². The number of nitrogens with one attached hydrogen (secondary N) is 2. The SMILES string of the molecule is CCCCNc1nc(SCC(=O)N[C@H](C)CC)nc2ccccc12. The molecule has 1 aromatic heterocycles. The minimum Gasteiger partial charge on any atom is -0.369 e. The van der Waals surface area contributed by atoms with Gasteiger partial charge >= 0.3 is 0 Å². The number of para-hydroxylation sites is 1. The number of fused-ring (bicyclic) bond motifs is 1. The monoisotopic (exact) mass is 346 g/mol. The zero-order valence-electron chi connectivity index (χ0n) is 14.6. The van der Waals surface area contributed by atoms with Gasteiger partial charge in [0, 0.05) is 18.0 Å². The van der Waals surface area contributed by atoms with Gasteiger partial charge in [-0.25, -0.2) is 9.97 Å². The maximum atomic E-state index is 11.9. The van der Waals surface area contributed by atoms with E-state index in [1.807, 2.05) is 31.2 Å². The van der Waals surface area contributed by atoms with Crippen LogP contribution >= 0.6 is 11.8 Å². The van der Waals surface area contributed by atoms with Crippen molar-refractivity contribution in [1.29, 1.82) is 0 Å². The van der Waals surface area contributed by atoms with Gasteiger partial charge in [-0.05, 0) is 31.9 Å². The van der Waals surface area contributed by atoms with Crippen molar-refractivity contribution in [2.45, 2.75) is 51.2 Å². The van der Waals surface area contributed by atoms with Crippen LogP contribution in [0.15, 0.2) is 29.4 Å². The zero-order chi connectivity index (χ0) is 17.4. The molecule has 0 radical (unpaired) electrons. The highest BCUT2D eigenvalue weighted by Gasteiger charge is 2.11. The van der Waals surface area contributed by atoms with Crippen LogP contribution in [0.5, 0.6) is 0 Å². The molecule has 6 heteroatoms. The smallest absolute Gasteiger partial charge is 0.230 e. The number of benzene rings is 1. The molecule has 0 aliphatic rings. The Morgan fingerprint density at radius 3 is 2.79 bits per heavy atom. The number of unbranched alkanes of at least 4 members (excludes halogenated alkanes) is 1. The standard InChI is InChI=1S/C18H26N4OS/c1-4-6-11-19-17-14-9-7-8-10-15(14)21-18(22-17)24-12-16(23)20-13(3)5-2/h7-10,13H,4-6,11-12H2,1-3H3,(H,20,23)(H,19,21,22)/t13-/m1/s1. The Kier molecular flexibility index (Phi) is 7.31. The number of anilines is 1. The number of hydrogen-bond acceptors (Lipinski definition) is 5. The van der Waals surface area contributed by atoms with Gasteiger partial charge in [-0.2, -0.15) is 0 Å². The second-order valence-electron chi connectivity index (χ2n) is 5.82. The van der Waals surface area contributed by atoms with E-state index in [1.54, 1.807) is 0 Å². The normalized spacial score (nSPS) is 12.1. The van der Waals surface area contributed by atoms with Gasteiger partial charge in [-0.1, -0.05) is 44.2 Å². The fourth-order valence-corrected chi connectivity index (χ4v) is 2.85. The molecule has 1 heterocycles. The fraction of sp³-hybridized carbons (Fsp3) is 0.500. The summed E-state index contributed by atoms with van der Waals surface area (Å²) in [6, 6.07) is 8.15. The van der Waals surface area contributed by atoms with Crippen LogP contribution in [-0.2, 0) is 4.79 Å². The Bertz CT molecular complexity index is 677. The highest BCUT2D eigenvalue weighted by atomic mass is 32.2. The maximum Gasteiger partial charge on any atom is 0.230 e. The number of rotatable bonds is 9. The Labute approximate surface area is 148 Å². The van der Waals surface area contributed by atoms with Gasteiger partial charge in [-0.3, -0.25) is 4.79 Å². The van der Waals surface area contributed by atoms with Gasteiger partial charge < -0.3 is 10.6 Å². The Balaban J connectivity index is 2.10. The lowest BCUT2D eigenvalue weighted by Gasteiger charge is -2.12. The Morgan fingerprint density at radius 2 is 2.04 bits per heavy atom. The van der Waals surface area contributed by atoms with Crippen molar-refractivity contribution in [3.8, 4) is 0 Å². The predicted octanol–water partition coefficient (Wildman–Crippen LogP) is 3.85. The maximum absolute atomic E-state index is 11.9. The van der Waals surface area contributed by atoms with Gasteiger partial charge in [0.05, 0.1) is 11.3 Å². The van der Waals surface area contributed by atoms with Crippen LogP contribution in [0.2, 0.25) is 0 Å². The van der Waals surface area contributed by atoms with E-state index in [1.165, 1.54) is 11.8 Å². The molecule has 2 aromatic rings. The van der Waals surface area contributed by atoms with Gasteiger partial charge in [0.1, 0.15) is 5.82 Å². The van der Waals surface area contributed by atoms with Gasteiger partial charge in [0.15, 0.2) is 5.16 Å². The molecule has 0 fully saturated rings. The average molecular weight is 346 g/mol. The topological polar surface area (TPSA) is 66.9 Å². The number of amides is 1. The zero-order valence-corrected chi connectivity index (χ0v) is 15.4. The van der Waals surface area contributed by atoms with Crippen LogP contribution in [0, 0.1) is 0 Å². The summed E-state index contributed by atoms with van der Waals surface area (Å²) in [6.07, 6.45) is 3.15. The number of thioether (sulfide) groups is 1. The molecule has 0 saturated carbocycles. The summed E-state index contributed by atoms with van der Waals surface area (Å²) < 4.78 is 0. The van der Waals surface area contributed by atoms with Crippen molar-refractivity contribution in [3.63, 3.8) is 0 Å². The van der Waals surface area contributed by atoms with Gasteiger partial charge in [-0.15, -0.1) is 0 Å². The van der Waals surface area contributed by atoms with Gasteiger partial charge in [0.25, 0.3) is 0 Å². The first kappa shape index (κ1) is 18.5. The first-order valence-corrected chi connectivity index (χ1v) is 9.55. The highest BCUT2D eigenvalue weighted by Crippen LogP contribution is 2.24. The number of nitrogens with zero attached hydrogens (tertiary/aromatic N) is 2. The Hall–Kier alpha value is -1.82. The van der Waals surface area contributed by atoms with Crippen LogP contribution in [0.3, 0.4) is 0 Å². The van der Waals surface area contributed by atoms with Gasteiger partial charge in [0.2, 0.25) is 5.91 Å². The Morgan fingerprint density at radius 1 is 1.25 bits per heavy atom. The van der Waals surface area contributed by atoms with E-state index in [0.717, 1.165) is 42.5 Å². The van der Waals surface area contributed by atoms with Crippen molar-refractivity contribution in [2.75, 3.05) is 17.6 Å². The first-order chi connectivity index (χ1) is 11.6. The molecular weight excluding hydrogens is 320 g/mol. The van der Waals surface area contributed by atoms with E-state index in [2.05, 4.69) is 34.4 Å². The lowest BCUT2D eigenvalue weighted by atomic mass is 10.2. The second kappa shape index (κ2) is 9.47. The third kappa shape index (κ3) is 5.37. The molecule has 1 aromatic carbocycles. The summed E-state index contributed by atoms with van der Waals surface area (Å²) >= 11 is 1.37. The van der Waals surface area contributed by atoms with Crippen LogP contribution in [0.1, 0.15) is 40.0 Å². The summed E-state index contributed by atoms with van der Waals surface area (Å²) in [5.74, 6) is 1.20. The molecular formula is C18H26N4OS. The third-order valence-corrected chi connectivity index (χ3v) is 4.60. The summed E-state index contributed by atoms with van der Waals surface area (Å²) in [5.41, 5.74) is 0.899. The lowest BCUT2D eigenvalue weighted by Crippen LogP contribution is -2.33. The highest BCUT2D eigenvalue weighted by molar-refractivity contribution is 7.99. The third-order valence-electron chi connectivity index (χ3n) is 3.76. The molecule has 2 N–H and O–H groups in total. The van der Waals surface area contributed by atoms with E-state index in [4.69, 9.17) is 0 Å². The molecule has 0 spiro atoms. The lowest BCUT2D eigenvalue weighted by molar-refractivity contribution is -0.119. The number of carbonyl (C=O) groups is 1. The molecule has 0 unspecified atom stereocenters. The van der Waals surface area contributed by atoms with Crippen molar-refractivity contribution >= 4 is 34.4 Å². The molecule has 0 bridgehead atoms. The molecule has 0 saturated heterocycles. The minimum atomic E-state index is 0.0200. The molecule has 5 nitrogen and oxygen atoms in total. The van der Waals surface area contributed by atoms with Crippen molar-refractivity contribution < 1.29 is 4.79 Å². The molecule has 0 aliphatic heterocycles. The molecule has 1 amide bonds. The van der Waals surface area contributed by atoms with E-state index in [9.17, 15) is 4.79 Å². The first-order valence-electron chi connectivity index (χ1n) is 8.56. The molecule has 24 heavy (non-hydrogen) atoms. The fourth-order valence-electron chi connectivity index (χ4n) is 2.19. The summed E-state index contributed by atoms with van der Waals surface area (Å²) in [6.45, 7) is 7.11. The predicted molar refractivity (Wildman–Crippen MR) is 102 cm³/mol. The summed E-state index contributed by atoms with van der Waals surface area (Å²) in [5, 5.41) is 8.00. The summed E-state index contributed by atoms with van der Waals surface area (Å²) in [7, 11) is 0.